The topological polar surface area (TPSA) is 107 Å². The first-order valence-corrected chi connectivity index (χ1v) is 8.68. The van der Waals surface area contributed by atoms with Gasteiger partial charge in [-0.15, -0.1) is 10.2 Å². The molecule has 0 atom stereocenters. The Balaban J connectivity index is 1.53. The van der Waals surface area contributed by atoms with E-state index in [0.29, 0.717) is 22.2 Å². The fourth-order valence-electron chi connectivity index (χ4n) is 2.61. The highest BCUT2D eigenvalue weighted by Gasteiger charge is 2.10. The van der Waals surface area contributed by atoms with Crippen molar-refractivity contribution in [1.29, 1.82) is 0 Å². The van der Waals surface area contributed by atoms with Crippen molar-refractivity contribution in [2.75, 3.05) is 5.73 Å². The molecular formula is C18H14N6OS. The van der Waals surface area contributed by atoms with Gasteiger partial charge >= 0.3 is 0 Å². The van der Waals surface area contributed by atoms with Gasteiger partial charge in [0.1, 0.15) is 5.01 Å². The first-order valence-electron chi connectivity index (χ1n) is 7.87. The SMILES string of the molecule is Nc1nnc(CNC(=O)c2ccc(-c3nccc4ncccc34)cc2)s1. The van der Waals surface area contributed by atoms with Crippen LogP contribution in [0.15, 0.2) is 54.9 Å². The van der Waals surface area contributed by atoms with E-state index in [4.69, 9.17) is 5.73 Å². The van der Waals surface area contributed by atoms with Gasteiger partial charge in [0, 0.05) is 28.9 Å². The summed E-state index contributed by atoms with van der Waals surface area (Å²) in [4.78, 5) is 21.1. The lowest BCUT2D eigenvalue weighted by Crippen LogP contribution is -2.22. The van der Waals surface area contributed by atoms with Gasteiger partial charge < -0.3 is 11.1 Å². The monoisotopic (exact) mass is 362 g/mol. The van der Waals surface area contributed by atoms with E-state index in [2.05, 4.69) is 25.5 Å². The number of anilines is 1. The number of carbonyl (C=O) groups is 1. The van der Waals surface area contributed by atoms with Gasteiger partial charge in [0.15, 0.2) is 0 Å². The molecule has 3 heterocycles. The number of pyridine rings is 2. The third-order valence-electron chi connectivity index (χ3n) is 3.83. The summed E-state index contributed by atoms with van der Waals surface area (Å²) < 4.78 is 0. The largest absolute Gasteiger partial charge is 0.374 e. The standard InChI is InChI=1S/C18H14N6OS/c19-18-24-23-15(26-18)10-22-17(25)12-5-3-11(4-6-12)16-13-2-1-8-20-14(13)7-9-21-16/h1-9H,10H2,(H2,19,24)(H,22,25). The van der Waals surface area contributed by atoms with Crippen LogP contribution in [-0.2, 0) is 6.54 Å². The Morgan fingerprint density at radius 2 is 1.88 bits per heavy atom. The predicted molar refractivity (Wildman–Crippen MR) is 100 cm³/mol. The van der Waals surface area contributed by atoms with E-state index in [-0.39, 0.29) is 5.91 Å². The zero-order valence-electron chi connectivity index (χ0n) is 13.6. The molecule has 4 aromatic rings. The smallest absolute Gasteiger partial charge is 0.251 e. The molecule has 0 aliphatic rings. The van der Waals surface area contributed by atoms with Crippen LogP contribution in [0.1, 0.15) is 15.4 Å². The van der Waals surface area contributed by atoms with Crippen LogP contribution >= 0.6 is 11.3 Å². The number of nitrogens with zero attached hydrogens (tertiary/aromatic N) is 4. The highest BCUT2D eigenvalue weighted by Crippen LogP contribution is 2.25. The second-order valence-corrected chi connectivity index (χ2v) is 6.62. The molecule has 1 amide bonds. The first kappa shape index (κ1) is 16.1. The molecule has 0 spiro atoms. The predicted octanol–water partition coefficient (Wildman–Crippen LogP) is 2.66. The second kappa shape index (κ2) is 6.85. The fourth-order valence-corrected chi connectivity index (χ4v) is 3.16. The van der Waals surface area contributed by atoms with Gasteiger partial charge in [-0.3, -0.25) is 14.8 Å². The van der Waals surface area contributed by atoms with Crippen LogP contribution in [0.4, 0.5) is 5.13 Å². The van der Waals surface area contributed by atoms with Crippen molar-refractivity contribution in [2.45, 2.75) is 6.54 Å². The van der Waals surface area contributed by atoms with Crippen molar-refractivity contribution < 1.29 is 4.79 Å². The Bertz CT molecular complexity index is 1070. The van der Waals surface area contributed by atoms with Crippen LogP contribution in [0.2, 0.25) is 0 Å². The van der Waals surface area contributed by atoms with Crippen LogP contribution in [0, 0.1) is 0 Å². The molecule has 3 aromatic heterocycles. The number of carbonyl (C=O) groups excluding carboxylic acids is 1. The van der Waals surface area contributed by atoms with E-state index in [9.17, 15) is 4.79 Å². The van der Waals surface area contributed by atoms with E-state index < -0.39 is 0 Å². The molecule has 7 nitrogen and oxygen atoms in total. The van der Waals surface area contributed by atoms with Crippen molar-refractivity contribution in [2.24, 2.45) is 0 Å². The zero-order valence-corrected chi connectivity index (χ0v) is 14.4. The Kier molecular flexibility index (Phi) is 4.24. The fraction of sp³-hybridized carbons (Fsp3) is 0.0556. The maximum absolute atomic E-state index is 12.3. The van der Waals surface area contributed by atoms with Crippen molar-refractivity contribution >= 4 is 33.3 Å². The number of nitrogen functional groups attached to an aromatic ring is 1. The summed E-state index contributed by atoms with van der Waals surface area (Å²) in [6, 6.07) is 13.1. The summed E-state index contributed by atoms with van der Waals surface area (Å²) in [6.45, 7) is 0.298. The van der Waals surface area contributed by atoms with E-state index in [0.717, 1.165) is 22.2 Å². The molecule has 8 heteroatoms. The molecule has 0 saturated heterocycles. The molecule has 0 aliphatic carbocycles. The van der Waals surface area contributed by atoms with E-state index in [1.54, 1.807) is 24.5 Å². The van der Waals surface area contributed by atoms with Crippen LogP contribution < -0.4 is 11.1 Å². The lowest BCUT2D eigenvalue weighted by molar-refractivity contribution is 0.0951. The molecule has 128 valence electrons. The van der Waals surface area contributed by atoms with Crippen LogP contribution in [0.3, 0.4) is 0 Å². The minimum atomic E-state index is -0.183. The Morgan fingerprint density at radius 3 is 2.65 bits per heavy atom. The molecule has 26 heavy (non-hydrogen) atoms. The summed E-state index contributed by atoms with van der Waals surface area (Å²) in [5.74, 6) is -0.183. The molecule has 1 aromatic carbocycles. The quantitative estimate of drug-likeness (QED) is 0.578. The molecule has 0 bridgehead atoms. The molecule has 0 fully saturated rings. The van der Waals surface area contributed by atoms with E-state index in [1.165, 1.54) is 11.3 Å². The van der Waals surface area contributed by atoms with E-state index >= 15 is 0 Å². The number of benzene rings is 1. The normalized spacial score (nSPS) is 10.8. The molecular weight excluding hydrogens is 348 g/mol. The summed E-state index contributed by atoms with van der Waals surface area (Å²) in [5, 5.41) is 12.4. The minimum Gasteiger partial charge on any atom is -0.374 e. The molecule has 3 N–H and O–H groups in total. The number of rotatable bonds is 4. The number of nitrogens with two attached hydrogens (primary N) is 1. The van der Waals surface area contributed by atoms with Gasteiger partial charge in [0.25, 0.3) is 5.91 Å². The minimum absolute atomic E-state index is 0.183. The van der Waals surface area contributed by atoms with Crippen LogP contribution in [0.25, 0.3) is 22.2 Å². The van der Waals surface area contributed by atoms with Gasteiger partial charge in [0.2, 0.25) is 5.13 Å². The van der Waals surface area contributed by atoms with Gasteiger partial charge in [-0.1, -0.05) is 23.5 Å². The molecule has 4 rings (SSSR count). The average molecular weight is 362 g/mol. The Morgan fingerprint density at radius 1 is 1.04 bits per heavy atom. The van der Waals surface area contributed by atoms with Crippen molar-refractivity contribution in [3.8, 4) is 11.3 Å². The number of hydrogen-bond acceptors (Lipinski definition) is 7. The first-order chi connectivity index (χ1) is 12.7. The maximum atomic E-state index is 12.3. The third-order valence-corrected chi connectivity index (χ3v) is 4.59. The van der Waals surface area contributed by atoms with Crippen molar-refractivity contribution in [1.82, 2.24) is 25.5 Å². The van der Waals surface area contributed by atoms with Crippen LogP contribution in [0.5, 0.6) is 0 Å². The summed E-state index contributed by atoms with van der Waals surface area (Å²) in [5.41, 5.74) is 8.74. The second-order valence-electron chi connectivity index (χ2n) is 5.52. The molecule has 0 aliphatic heterocycles. The Labute approximate surface area is 152 Å². The van der Waals surface area contributed by atoms with Crippen LogP contribution in [-0.4, -0.2) is 26.1 Å². The summed E-state index contributed by atoms with van der Waals surface area (Å²) in [6.07, 6.45) is 3.49. The van der Waals surface area contributed by atoms with Gasteiger partial charge in [-0.2, -0.15) is 0 Å². The van der Waals surface area contributed by atoms with E-state index in [1.807, 2.05) is 30.3 Å². The lowest BCUT2D eigenvalue weighted by Gasteiger charge is -2.07. The number of nitrogens with one attached hydrogen (secondary N) is 1. The molecule has 0 radical (unpaired) electrons. The van der Waals surface area contributed by atoms with Crippen molar-refractivity contribution in [3.63, 3.8) is 0 Å². The van der Waals surface area contributed by atoms with Gasteiger partial charge in [-0.05, 0) is 30.3 Å². The summed E-state index contributed by atoms with van der Waals surface area (Å²) >= 11 is 1.25. The molecule has 0 unspecified atom stereocenters. The summed E-state index contributed by atoms with van der Waals surface area (Å²) in [7, 11) is 0. The highest BCUT2D eigenvalue weighted by atomic mass is 32.1. The number of amides is 1. The number of hydrogen-bond donors (Lipinski definition) is 2. The molecule has 0 saturated carbocycles. The average Bonchev–Trinajstić information content (AvgIpc) is 3.11. The number of fused-ring (bicyclic) bond motifs is 1. The zero-order chi connectivity index (χ0) is 17.9. The highest BCUT2D eigenvalue weighted by molar-refractivity contribution is 7.15. The number of aromatic nitrogens is 4. The Hall–Kier alpha value is -3.39. The van der Waals surface area contributed by atoms with Gasteiger partial charge in [-0.25, -0.2) is 0 Å². The lowest BCUT2D eigenvalue weighted by atomic mass is 10.0. The maximum Gasteiger partial charge on any atom is 0.251 e. The van der Waals surface area contributed by atoms with Crippen molar-refractivity contribution in [3.05, 3.63) is 65.4 Å². The third kappa shape index (κ3) is 3.22. The van der Waals surface area contributed by atoms with Gasteiger partial charge in [0.05, 0.1) is 17.8 Å².